The second kappa shape index (κ2) is 14.7. The molecule has 3 heterocycles. The lowest BCUT2D eigenvalue weighted by molar-refractivity contribution is -0.143. The molecule has 6 nitrogen and oxygen atoms in total. The van der Waals surface area contributed by atoms with E-state index in [1.807, 2.05) is 30.5 Å². The number of halogens is 8. The Balaban J connectivity index is 0.00000276. The maximum Gasteiger partial charge on any atom is 0.416 e. The highest BCUT2D eigenvalue weighted by molar-refractivity contribution is 5.95. The Morgan fingerprint density at radius 3 is 2.33 bits per heavy atom. The van der Waals surface area contributed by atoms with Crippen LogP contribution in [0, 0.1) is 0 Å². The van der Waals surface area contributed by atoms with Gasteiger partial charge in [-0.15, -0.1) is 24.8 Å². The summed E-state index contributed by atoms with van der Waals surface area (Å²) in [5.74, 6) is -0.122. The van der Waals surface area contributed by atoms with Gasteiger partial charge >= 0.3 is 12.4 Å². The van der Waals surface area contributed by atoms with Gasteiger partial charge in [0.1, 0.15) is 5.75 Å². The fourth-order valence-corrected chi connectivity index (χ4v) is 5.66. The average molecular weight is 678 g/mol. The maximum atomic E-state index is 13.7. The van der Waals surface area contributed by atoms with E-state index in [1.54, 1.807) is 25.6 Å². The van der Waals surface area contributed by atoms with E-state index in [1.165, 1.54) is 4.90 Å². The fraction of sp³-hybridized carbons (Fsp3) is 0.355. The van der Waals surface area contributed by atoms with Crippen molar-refractivity contribution >= 4 is 41.6 Å². The van der Waals surface area contributed by atoms with Crippen LogP contribution in [-0.2, 0) is 25.2 Å². The zero-order valence-electron chi connectivity index (χ0n) is 24.1. The van der Waals surface area contributed by atoms with Crippen molar-refractivity contribution in [2.24, 2.45) is 0 Å². The van der Waals surface area contributed by atoms with Crippen molar-refractivity contribution in [2.75, 3.05) is 33.3 Å². The number of aromatic amines is 1. The smallest absolute Gasteiger partial charge is 0.416 e. The predicted octanol–water partition coefficient (Wildman–Crippen LogP) is 7.45. The zero-order chi connectivity index (χ0) is 30.8. The molecule has 1 N–H and O–H groups in total. The Hall–Kier alpha value is -3.48. The average Bonchev–Trinajstić information content (AvgIpc) is 3.39. The first-order chi connectivity index (χ1) is 20.4. The standard InChI is InChI=1S/C31H30F6N4O2.2ClH/c1-43-28-8-9-38-17-20(28)5-4-10-40-11-12-41(25(19-40)15-22-18-39-27-7-3-2-6-26(22)27)29(42)21-13-23(30(32,33)34)16-24(14-21)31(35,36)37;;/h2-3,6-9,13-14,16-18,25,39H,4-5,10-12,15,19H2,1H3;2*1H/t25-;;/m1../s1. The summed E-state index contributed by atoms with van der Waals surface area (Å²) in [4.78, 5) is 24.6. The summed E-state index contributed by atoms with van der Waals surface area (Å²) in [6, 6.07) is 9.94. The van der Waals surface area contributed by atoms with Crippen LogP contribution in [0.2, 0.25) is 0 Å². The second-order valence-corrected chi connectivity index (χ2v) is 10.6. The Labute approximate surface area is 268 Å². The molecule has 1 aliphatic rings. The highest BCUT2D eigenvalue weighted by Crippen LogP contribution is 2.37. The molecule has 2 aromatic carbocycles. The molecule has 1 saturated heterocycles. The molecule has 0 spiro atoms. The molecule has 0 bridgehead atoms. The summed E-state index contributed by atoms with van der Waals surface area (Å²) in [6.45, 7) is 1.65. The van der Waals surface area contributed by atoms with Gasteiger partial charge in [0.2, 0.25) is 0 Å². The number of ether oxygens (including phenoxy) is 1. The number of benzene rings is 2. The maximum absolute atomic E-state index is 13.7. The SMILES string of the molecule is COc1ccncc1CCCN1CCN(C(=O)c2cc(C(F)(F)F)cc(C(F)(F)F)c2)[C@H](Cc2c[nH]c3ccccc23)C1.Cl.Cl. The lowest BCUT2D eigenvalue weighted by Crippen LogP contribution is -2.56. The molecule has 4 aromatic rings. The first kappa shape index (κ1) is 36.0. The van der Waals surface area contributed by atoms with Crippen LogP contribution in [0.1, 0.15) is 39.0 Å². The van der Waals surface area contributed by atoms with Gasteiger partial charge in [-0.1, -0.05) is 18.2 Å². The minimum atomic E-state index is -5.05. The Kier molecular flexibility index (Phi) is 11.8. The highest BCUT2D eigenvalue weighted by atomic mass is 35.5. The number of para-hydroxylation sites is 1. The number of fused-ring (bicyclic) bond motifs is 1. The normalized spacial score (nSPS) is 15.8. The van der Waals surface area contributed by atoms with E-state index in [2.05, 4.69) is 14.9 Å². The largest absolute Gasteiger partial charge is 0.496 e. The van der Waals surface area contributed by atoms with Crippen LogP contribution >= 0.6 is 24.8 Å². The molecule has 1 atom stereocenters. The molecule has 0 aliphatic carbocycles. The van der Waals surface area contributed by atoms with E-state index in [0.29, 0.717) is 44.6 Å². The van der Waals surface area contributed by atoms with E-state index in [9.17, 15) is 31.1 Å². The van der Waals surface area contributed by atoms with E-state index < -0.39 is 41.0 Å². The van der Waals surface area contributed by atoms with Crippen LogP contribution in [-0.4, -0.2) is 65.0 Å². The molecule has 244 valence electrons. The van der Waals surface area contributed by atoms with Gasteiger partial charge in [-0.3, -0.25) is 14.7 Å². The van der Waals surface area contributed by atoms with Gasteiger partial charge in [-0.05, 0) is 61.7 Å². The first-order valence-corrected chi connectivity index (χ1v) is 13.8. The molecule has 14 heteroatoms. The van der Waals surface area contributed by atoms with Crippen LogP contribution in [0.3, 0.4) is 0 Å². The third-order valence-electron chi connectivity index (χ3n) is 7.79. The number of hydrogen-bond donors (Lipinski definition) is 1. The molecule has 1 aliphatic heterocycles. The number of piperazine rings is 1. The molecule has 5 rings (SSSR count). The quantitative estimate of drug-likeness (QED) is 0.197. The fourth-order valence-electron chi connectivity index (χ4n) is 5.66. The zero-order valence-corrected chi connectivity index (χ0v) is 25.8. The number of methoxy groups -OCH3 is 1. The van der Waals surface area contributed by atoms with Crippen molar-refractivity contribution in [3.8, 4) is 5.75 Å². The van der Waals surface area contributed by atoms with Gasteiger partial charge in [0.25, 0.3) is 5.91 Å². The molecular weight excluding hydrogens is 645 g/mol. The third-order valence-corrected chi connectivity index (χ3v) is 7.79. The van der Waals surface area contributed by atoms with Gasteiger partial charge in [-0.2, -0.15) is 26.3 Å². The Morgan fingerprint density at radius 2 is 1.67 bits per heavy atom. The number of aryl methyl sites for hydroxylation is 1. The lowest BCUT2D eigenvalue weighted by Gasteiger charge is -2.42. The predicted molar refractivity (Wildman–Crippen MR) is 163 cm³/mol. The second-order valence-electron chi connectivity index (χ2n) is 10.6. The number of hydrogen-bond acceptors (Lipinski definition) is 4. The molecule has 0 unspecified atom stereocenters. The molecule has 2 aromatic heterocycles. The third kappa shape index (κ3) is 8.42. The minimum Gasteiger partial charge on any atom is -0.496 e. The van der Waals surface area contributed by atoms with Crippen LogP contribution in [0.5, 0.6) is 5.75 Å². The van der Waals surface area contributed by atoms with Crippen LogP contribution in [0.4, 0.5) is 26.3 Å². The molecular formula is C31H32Cl2F6N4O2. The molecule has 0 radical (unpaired) electrons. The summed E-state index contributed by atoms with van der Waals surface area (Å²) < 4.78 is 86.7. The Morgan fingerprint density at radius 1 is 0.978 bits per heavy atom. The molecule has 0 saturated carbocycles. The summed E-state index contributed by atoms with van der Waals surface area (Å²) in [6.07, 6.45) is -3.03. The first-order valence-electron chi connectivity index (χ1n) is 13.8. The van der Waals surface area contributed by atoms with E-state index >= 15 is 0 Å². The minimum absolute atomic E-state index is 0. The number of nitrogens with zero attached hydrogens (tertiary/aromatic N) is 3. The van der Waals surface area contributed by atoms with E-state index in [-0.39, 0.29) is 37.4 Å². The van der Waals surface area contributed by atoms with Gasteiger partial charge < -0.3 is 14.6 Å². The van der Waals surface area contributed by atoms with E-state index in [0.717, 1.165) is 34.2 Å². The van der Waals surface area contributed by atoms with Gasteiger partial charge in [0.05, 0.1) is 18.2 Å². The molecule has 45 heavy (non-hydrogen) atoms. The summed E-state index contributed by atoms with van der Waals surface area (Å²) >= 11 is 0. The number of H-pyrrole nitrogens is 1. The summed E-state index contributed by atoms with van der Waals surface area (Å²) in [5.41, 5.74) is -0.907. The van der Waals surface area contributed by atoms with Crippen LogP contribution in [0.15, 0.2) is 67.1 Å². The van der Waals surface area contributed by atoms with Crippen molar-refractivity contribution in [2.45, 2.75) is 37.7 Å². The monoisotopic (exact) mass is 676 g/mol. The van der Waals surface area contributed by atoms with Crippen molar-refractivity contribution < 1.29 is 35.9 Å². The van der Waals surface area contributed by atoms with Gasteiger partial charge in [0.15, 0.2) is 0 Å². The number of aromatic nitrogens is 2. The van der Waals surface area contributed by atoms with Crippen molar-refractivity contribution in [1.82, 2.24) is 19.8 Å². The summed E-state index contributed by atoms with van der Waals surface area (Å²) in [7, 11) is 1.59. The number of carbonyl (C=O) groups is 1. The van der Waals surface area contributed by atoms with Crippen molar-refractivity contribution in [1.29, 1.82) is 0 Å². The van der Waals surface area contributed by atoms with Gasteiger partial charge in [-0.25, -0.2) is 0 Å². The number of carbonyl (C=O) groups excluding carboxylic acids is 1. The molecule has 1 amide bonds. The lowest BCUT2D eigenvalue weighted by atomic mass is 9.98. The van der Waals surface area contributed by atoms with Crippen molar-refractivity contribution in [3.63, 3.8) is 0 Å². The van der Waals surface area contributed by atoms with Crippen LogP contribution in [0.25, 0.3) is 10.9 Å². The van der Waals surface area contributed by atoms with Crippen LogP contribution < -0.4 is 4.74 Å². The number of nitrogens with one attached hydrogen (secondary N) is 1. The number of amides is 1. The number of alkyl halides is 6. The van der Waals surface area contributed by atoms with E-state index in [4.69, 9.17) is 4.74 Å². The number of pyridine rings is 1. The topological polar surface area (TPSA) is 61.5 Å². The highest BCUT2D eigenvalue weighted by Gasteiger charge is 2.39. The Bertz CT molecular complexity index is 1560. The summed E-state index contributed by atoms with van der Waals surface area (Å²) in [5, 5.41) is 0.939. The molecule has 1 fully saturated rings. The van der Waals surface area contributed by atoms with Gasteiger partial charge in [0, 0.05) is 66.3 Å². The number of rotatable bonds is 8. The van der Waals surface area contributed by atoms with Crippen molar-refractivity contribution in [3.05, 3.63) is 94.9 Å².